The molecule has 0 amide bonds. The Hall–Kier alpha value is -1.75. The third kappa shape index (κ3) is 2.81. The van der Waals surface area contributed by atoms with E-state index in [0.717, 1.165) is 32.8 Å². The largest absolute Gasteiger partial charge is 0.495 e. The van der Waals surface area contributed by atoms with Crippen LogP contribution in [0.4, 0.5) is 5.69 Å². The third-order valence-corrected chi connectivity index (χ3v) is 3.64. The van der Waals surface area contributed by atoms with E-state index in [9.17, 15) is 0 Å². The molecule has 0 atom stereocenters. The Kier molecular flexibility index (Phi) is 4.27. The van der Waals surface area contributed by atoms with E-state index < -0.39 is 0 Å². The fourth-order valence-electron chi connectivity index (χ4n) is 1.89. The highest BCUT2D eigenvalue weighted by atomic mass is 79.9. The minimum Gasteiger partial charge on any atom is -0.495 e. The molecular formula is C14H15BrN2O2. The molecular weight excluding hydrogens is 308 g/mol. The SMILES string of the molecule is COc1ccc(Cc2cnccc2N)c(OC)c1Br. The molecule has 4 nitrogen and oxygen atoms in total. The van der Waals surface area contributed by atoms with Crippen LogP contribution in [0.25, 0.3) is 0 Å². The molecule has 1 heterocycles. The summed E-state index contributed by atoms with van der Waals surface area (Å²) in [6.45, 7) is 0. The Morgan fingerprint density at radius 1 is 1.16 bits per heavy atom. The molecule has 2 N–H and O–H groups in total. The number of aromatic nitrogens is 1. The average molecular weight is 323 g/mol. The minimum absolute atomic E-state index is 0.658. The van der Waals surface area contributed by atoms with E-state index in [1.807, 2.05) is 12.1 Å². The Balaban J connectivity index is 2.41. The number of halogens is 1. The number of hydrogen-bond donors (Lipinski definition) is 1. The lowest BCUT2D eigenvalue weighted by atomic mass is 10.0. The molecule has 100 valence electrons. The maximum Gasteiger partial charge on any atom is 0.140 e. The van der Waals surface area contributed by atoms with Crippen LogP contribution in [-0.2, 0) is 6.42 Å². The summed E-state index contributed by atoms with van der Waals surface area (Å²) < 4.78 is 11.5. The van der Waals surface area contributed by atoms with Gasteiger partial charge in [0.2, 0.25) is 0 Å². The van der Waals surface area contributed by atoms with Crippen LogP contribution in [0.1, 0.15) is 11.1 Å². The molecule has 0 unspecified atom stereocenters. The van der Waals surface area contributed by atoms with Crippen LogP contribution >= 0.6 is 15.9 Å². The fraction of sp³-hybridized carbons (Fsp3) is 0.214. The zero-order valence-electron chi connectivity index (χ0n) is 10.8. The topological polar surface area (TPSA) is 57.4 Å². The number of anilines is 1. The van der Waals surface area contributed by atoms with Crippen LogP contribution in [0.15, 0.2) is 35.1 Å². The summed E-state index contributed by atoms with van der Waals surface area (Å²) in [5.41, 5.74) is 8.66. The first-order valence-electron chi connectivity index (χ1n) is 5.75. The summed E-state index contributed by atoms with van der Waals surface area (Å²) in [5.74, 6) is 1.49. The van der Waals surface area contributed by atoms with Crippen molar-refractivity contribution in [2.24, 2.45) is 0 Å². The van der Waals surface area contributed by atoms with Crippen LogP contribution in [0.5, 0.6) is 11.5 Å². The minimum atomic E-state index is 0.658. The van der Waals surface area contributed by atoms with Gasteiger partial charge in [-0.25, -0.2) is 0 Å². The van der Waals surface area contributed by atoms with Crippen LogP contribution in [-0.4, -0.2) is 19.2 Å². The average Bonchev–Trinajstić information content (AvgIpc) is 2.42. The number of nitrogen functional groups attached to an aromatic ring is 1. The van der Waals surface area contributed by atoms with E-state index in [1.165, 1.54) is 0 Å². The summed E-state index contributed by atoms with van der Waals surface area (Å²) in [7, 11) is 3.26. The maximum absolute atomic E-state index is 5.94. The number of hydrogen-bond acceptors (Lipinski definition) is 4. The van der Waals surface area contributed by atoms with E-state index in [-0.39, 0.29) is 0 Å². The molecule has 0 bridgehead atoms. The number of ether oxygens (including phenoxy) is 2. The summed E-state index contributed by atoms with van der Waals surface area (Å²) in [6, 6.07) is 5.66. The molecule has 0 saturated heterocycles. The summed E-state index contributed by atoms with van der Waals surface area (Å²) in [5, 5.41) is 0. The number of nitrogens with two attached hydrogens (primary N) is 1. The molecule has 0 spiro atoms. The Morgan fingerprint density at radius 2 is 1.95 bits per heavy atom. The Morgan fingerprint density at radius 3 is 2.58 bits per heavy atom. The molecule has 1 aromatic carbocycles. The predicted octanol–water partition coefficient (Wildman–Crippen LogP) is 3.03. The number of pyridine rings is 1. The smallest absolute Gasteiger partial charge is 0.140 e. The van der Waals surface area contributed by atoms with Gasteiger partial charge in [0.15, 0.2) is 0 Å². The molecule has 2 aromatic rings. The second-order valence-electron chi connectivity index (χ2n) is 4.03. The molecule has 5 heteroatoms. The van der Waals surface area contributed by atoms with Gasteiger partial charge in [0.25, 0.3) is 0 Å². The van der Waals surface area contributed by atoms with Gasteiger partial charge < -0.3 is 15.2 Å². The fourth-order valence-corrected chi connectivity index (χ4v) is 2.60. The first-order valence-corrected chi connectivity index (χ1v) is 6.54. The van der Waals surface area contributed by atoms with Crippen molar-refractivity contribution in [2.45, 2.75) is 6.42 Å². The Labute approximate surface area is 120 Å². The van der Waals surface area contributed by atoms with Gasteiger partial charge >= 0.3 is 0 Å². The van der Waals surface area contributed by atoms with E-state index >= 15 is 0 Å². The van der Waals surface area contributed by atoms with Crippen LogP contribution in [0.3, 0.4) is 0 Å². The first-order chi connectivity index (χ1) is 9.17. The van der Waals surface area contributed by atoms with Crippen LogP contribution in [0, 0.1) is 0 Å². The van der Waals surface area contributed by atoms with Crippen LogP contribution < -0.4 is 15.2 Å². The highest BCUT2D eigenvalue weighted by Crippen LogP contribution is 2.38. The molecule has 0 aliphatic heterocycles. The molecule has 0 aliphatic carbocycles. The van der Waals surface area contributed by atoms with Gasteiger partial charge in [-0.15, -0.1) is 0 Å². The number of benzene rings is 1. The lowest BCUT2D eigenvalue weighted by Crippen LogP contribution is -2.00. The summed E-state index contributed by atoms with van der Waals surface area (Å²) in [6.07, 6.45) is 4.11. The standard InChI is InChI=1S/C14H15BrN2O2/c1-18-12-4-3-9(14(19-2)13(12)15)7-10-8-17-6-5-11(10)16/h3-6,8H,7H2,1-2H3,(H2,16,17). The molecule has 0 aliphatic rings. The van der Waals surface area contributed by atoms with Crippen molar-refractivity contribution in [1.29, 1.82) is 0 Å². The predicted molar refractivity (Wildman–Crippen MR) is 78.7 cm³/mol. The third-order valence-electron chi connectivity index (χ3n) is 2.89. The van der Waals surface area contributed by atoms with E-state index in [2.05, 4.69) is 20.9 Å². The number of rotatable bonds is 4. The molecule has 0 fully saturated rings. The maximum atomic E-state index is 5.94. The van der Waals surface area contributed by atoms with Crippen LogP contribution in [0.2, 0.25) is 0 Å². The number of methoxy groups -OCH3 is 2. The first kappa shape index (κ1) is 13.7. The van der Waals surface area contributed by atoms with E-state index in [1.54, 1.807) is 32.7 Å². The normalized spacial score (nSPS) is 10.3. The lowest BCUT2D eigenvalue weighted by molar-refractivity contribution is 0.387. The van der Waals surface area contributed by atoms with Gasteiger partial charge in [-0.05, 0) is 33.6 Å². The van der Waals surface area contributed by atoms with E-state index in [4.69, 9.17) is 15.2 Å². The quantitative estimate of drug-likeness (QED) is 0.940. The van der Waals surface area contributed by atoms with Gasteiger partial charge in [0.05, 0.1) is 14.2 Å². The highest BCUT2D eigenvalue weighted by molar-refractivity contribution is 9.10. The lowest BCUT2D eigenvalue weighted by Gasteiger charge is -2.14. The second-order valence-corrected chi connectivity index (χ2v) is 4.82. The highest BCUT2D eigenvalue weighted by Gasteiger charge is 2.13. The van der Waals surface area contributed by atoms with Gasteiger partial charge in [0.1, 0.15) is 16.0 Å². The van der Waals surface area contributed by atoms with Crippen molar-refractivity contribution >= 4 is 21.6 Å². The molecule has 0 saturated carbocycles. The molecule has 2 rings (SSSR count). The summed E-state index contributed by atoms with van der Waals surface area (Å²) in [4.78, 5) is 4.10. The van der Waals surface area contributed by atoms with Gasteiger partial charge in [0, 0.05) is 30.1 Å². The monoisotopic (exact) mass is 322 g/mol. The van der Waals surface area contributed by atoms with Crippen molar-refractivity contribution in [3.63, 3.8) is 0 Å². The summed E-state index contributed by atoms with van der Waals surface area (Å²) >= 11 is 3.49. The second kappa shape index (κ2) is 5.93. The van der Waals surface area contributed by atoms with Gasteiger partial charge in [-0.2, -0.15) is 0 Å². The van der Waals surface area contributed by atoms with Gasteiger partial charge in [-0.1, -0.05) is 6.07 Å². The number of nitrogens with zero attached hydrogens (tertiary/aromatic N) is 1. The Bertz CT molecular complexity index is 588. The molecule has 1 aromatic heterocycles. The van der Waals surface area contributed by atoms with Crippen molar-refractivity contribution in [1.82, 2.24) is 4.98 Å². The van der Waals surface area contributed by atoms with Crippen molar-refractivity contribution < 1.29 is 9.47 Å². The molecule has 19 heavy (non-hydrogen) atoms. The van der Waals surface area contributed by atoms with Gasteiger partial charge in [-0.3, -0.25) is 4.98 Å². The zero-order valence-corrected chi connectivity index (χ0v) is 12.4. The zero-order chi connectivity index (χ0) is 13.8. The van der Waals surface area contributed by atoms with Crippen molar-refractivity contribution in [3.05, 3.63) is 46.2 Å². The van der Waals surface area contributed by atoms with Crippen molar-refractivity contribution in [2.75, 3.05) is 20.0 Å². The van der Waals surface area contributed by atoms with E-state index in [0.29, 0.717) is 6.42 Å². The molecule has 0 radical (unpaired) electrons. The van der Waals surface area contributed by atoms with Crippen molar-refractivity contribution in [3.8, 4) is 11.5 Å².